The number of ketones is 1. The number of aryl methyl sites for hydroxylation is 1. The van der Waals surface area contributed by atoms with E-state index < -0.39 is 22.3 Å². The summed E-state index contributed by atoms with van der Waals surface area (Å²) in [5.74, 6) is 0.491. The number of para-hydroxylation sites is 2. The molecular formula is C26H28N6O6S2. The van der Waals surface area contributed by atoms with Gasteiger partial charge in [-0.25, -0.2) is 20.1 Å². The normalized spacial score (nSPS) is 22.9. The molecule has 3 aromatic heterocycles. The predicted molar refractivity (Wildman–Crippen MR) is 147 cm³/mol. The van der Waals surface area contributed by atoms with Gasteiger partial charge in [-0.1, -0.05) is 12.1 Å². The first-order valence-corrected chi connectivity index (χ1v) is 15.1. The topological polar surface area (TPSA) is 172 Å². The van der Waals surface area contributed by atoms with Crippen molar-refractivity contribution in [3.05, 3.63) is 69.6 Å². The Morgan fingerprint density at radius 1 is 1.32 bits per heavy atom. The Labute approximate surface area is 234 Å². The zero-order valence-electron chi connectivity index (χ0n) is 21.6. The van der Waals surface area contributed by atoms with Crippen molar-refractivity contribution in [2.75, 3.05) is 18.5 Å². The lowest BCUT2D eigenvalue weighted by molar-refractivity contribution is 0.0441. The van der Waals surface area contributed by atoms with Crippen molar-refractivity contribution in [1.29, 1.82) is 0 Å². The van der Waals surface area contributed by atoms with Gasteiger partial charge >= 0.3 is 10.3 Å². The average molecular weight is 585 g/mol. The van der Waals surface area contributed by atoms with Crippen LogP contribution in [0.15, 0.2) is 42.9 Å². The minimum atomic E-state index is -4.10. The van der Waals surface area contributed by atoms with Crippen molar-refractivity contribution in [1.82, 2.24) is 19.5 Å². The quantitative estimate of drug-likeness (QED) is 0.261. The molecule has 14 heteroatoms. The molecule has 1 fully saturated rings. The van der Waals surface area contributed by atoms with Gasteiger partial charge in [0.15, 0.2) is 0 Å². The number of anilines is 1. The summed E-state index contributed by atoms with van der Waals surface area (Å²) < 4.78 is 35.3. The number of fused-ring (bicyclic) bond motifs is 3. The molecule has 1 aromatic carbocycles. The van der Waals surface area contributed by atoms with Crippen molar-refractivity contribution < 1.29 is 27.2 Å². The van der Waals surface area contributed by atoms with Gasteiger partial charge < -0.3 is 19.7 Å². The highest BCUT2D eigenvalue weighted by Crippen LogP contribution is 2.38. The van der Waals surface area contributed by atoms with Crippen molar-refractivity contribution in [2.45, 2.75) is 44.6 Å². The van der Waals surface area contributed by atoms with Crippen LogP contribution in [0.5, 0.6) is 0 Å². The highest BCUT2D eigenvalue weighted by atomic mass is 32.2. The Hall–Kier alpha value is -3.27. The molecule has 1 saturated carbocycles. The minimum Gasteiger partial charge on any atom is -0.393 e. The van der Waals surface area contributed by atoms with E-state index in [4.69, 9.17) is 14.9 Å². The van der Waals surface area contributed by atoms with Gasteiger partial charge in [0, 0.05) is 35.1 Å². The Kier molecular flexibility index (Phi) is 7.14. The number of imidazole rings is 1. The zero-order chi connectivity index (χ0) is 28.0. The van der Waals surface area contributed by atoms with E-state index in [0.29, 0.717) is 42.3 Å². The van der Waals surface area contributed by atoms with Gasteiger partial charge in [0.2, 0.25) is 5.78 Å². The fraction of sp³-hybridized carbons (Fsp3) is 0.385. The number of ether oxygens (including phenoxy) is 1. The number of hydrogen-bond donors (Lipinski definition) is 3. The van der Waals surface area contributed by atoms with Gasteiger partial charge in [0.25, 0.3) is 0 Å². The van der Waals surface area contributed by atoms with E-state index in [-0.39, 0.29) is 24.5 Å². The summed E-state index contributed by atoms with van der Waals surface area (Å²) in [6, 6.07) is 9.59. The van der Waals surface area contributed by atoms with Crippen LogP contribution in [0.3, 0.4) is 0 Å². The number of carbonyl (C=O) groups is 1. The Morgan fingerprint density at radius 3 is 2.98 bits per heavy atom. The van der Waals surface area contributed by atoms with E-state index in [0.717, 1.165) is 27.3 Å². The summed E-state index contributed by atoms with van der Waals surface area (Å²) >= 11 is 1.38. The first kappa shape index (κ1) is 26.9. The minimum absolute atomic E-state index is 0.220. The first-order chi connectivity index (χ1) is 19.2. The molecule has 4 atom stereocenters. The van der Waals surface area contributed by atoms with Gasteiger partial charge in [0.05, 0.1) is 40.8 Å². The van der Waals surface area contributed by atoms with Crippen LogP contribution >= 0.6 is 11.3 Å². The van der Waals surface area contributed by atoms with E-state index in [9.17, 15) is 18.3 Å². The number of aliphatic hydroxyl groups excluding tert-OH is 1. The maximum absolute atomic E-state index is 13.7. The average Bonchev–Trinajstić information content (AvgIpc) is 3.61. The number of aromatic nitrogens is 4. The lowest BCUT2D eigenvalue weighted by atomic mass is 10.1. The van der Waals surface area contributed by atoms with E-state index >= 15 is 0 Å². The molecule has 4 N–H and O–H groups in total. The molecule has 0 radical (unpaired) electrons. The molecule has 6 rings (SSSR count). The molecule has 2 aliphatic rings. The van der Waals surface area contributed by atoms with E-state index in [1.807, 2.05) is 37.3 Å². The third-order valence-electron chi connectivity index (χ3n) is 7.38. The molecule has 1 aliphatic carbocycles. The second-order valence-electron chi connectivity index (χ2n) is 10.0. The fourth-order valence-electron chi connectivity index (χ4n) is 5.48. The highest BCUT2D eigenvalue weighted by molar-refractivity contribution is 7.84. The van der Waals surface area contributed by atoms with Crippen LogP contribution in [0.25, 0.3) is 11.0 Å². The second kappa shape index (κ2) is 10.6. The smallest absolute Gasteiger partial charge is 0.333 e. The van der Waals surface area contributed by atoms with Crippen LogP contribution in [-0.2, 0) is 25.8 Å². The molecule has 0 bridgehead atoms. The monoisotopic (exact) mass is 584 g/mol. The number of benzene rings is 1. The maximum Gasteiger partial charge on any atom is 0.333 e. The number of aliphatic hydroxyl groups is 1. The number of nitrogens with two attached hydrogens (primary N) is 1. The van der Waals surface area contributed by atoms with Gasteiger partial charge in [-0.2, -0.15) is 8.42 Å². The standard InChI is InChI=1S/C26H28N6O6S2/c1-14-17(24-26-31-19-4-2-3-5-20(19)32(26)6-7-37-24)10-22(39-14)23(34)18-11-28-13-29-25(18)30-16-8-15(21(33)9-16)12-38-40(27,35)36/h2-5,10-11,13,15-16,21,24,33H,6-9,12H2,1H3,(H2,27,35,36)(H,28,29,30)/t15-,16-,21+,24+/m1/s1. The second-order valence-corrected chi connectivity index (χ2v) is 12.5. The molecule has 210 valence electrons. The van der Waals surface area contributed by atoms with Crippen molar-refractivity contribution >= 4 is 44.3 Å². The Bertz CT molecular complexity index is 1690. The van der Waals surface area contributed by atoms with E-state index in [2.05, 4.69) is 24.0 Å². The molecule has 40 heavy (non-hydrogen) atoms. The van der Waals surface area contributed by atoms with Crippen molar-refractivity contribution in [3.63, 3.8) is 0 Å². The van der Waals surface area contributed by atoms with Crippen LogP contribution in [0, 0.1) is 12.8 Å². The number of hydrogen-bond acceptors (Lipinski definition) is 11. The molecule has 0 spiro atoms. The zero-order valence-corrected chi connectivity index (χ0v) is 23.2. The molecule has 0 amide bonds. The van der Waals surface area contributed by atoms with Gasteiger partial charge in [-0.15, -0.1) is 11.3 Å². The number of carbonyl (C=O) groups excluding carboxylic acids is 1. The van der Waals surface area contributed by atoms with Crippen LogP contribution in [0.1, 0.15) is 50.4 Å². The predicted octanol–water partition coefficient (Wildman–Crippen LogP) is 2.32. The number of thiophene rings is 1. The summed E-state index contributed by atoms with van der Waals surface area (Å²) in [6.45, 7) is 2.99. The lowest BCUT2D eigenvalue weighted by Crippen LogP contribution is -2.24. The van der Waals surface area contributed by atoms with Crippen molar-refractivity contribution in [3.8, 4) is 0 Å². The summed E-state index contributed by atoms with van der Waals surface area (Å²) in [6.07, 6.45) is 2.38. The first-order valence-electron chi connectivity index (χ1n) is 12.8. The lowest BCUT2D eigenvalue weighted by Gasteiger charge is -2.24. The van der Waals surface area contributed by atoms with Gasteiger partial charge in [-0.3, -0.25) is 8.98 Å². The summed E-state index contributed by atoms with van der Waals surface area (Å²) in [5.41, 5.74) is 3.16. The van der Waals surface area contributed by atoms with Gasteiger partial charge in [-0.05, 0) is 38.0 Å². The third-order valence-corrected chi connectivity index (χ3v) is 8.91. The van der Waals surface area contributed by atoms with E-state index in [1.54, 1.807) is 0 Å². The Balaban J connectivity index is 1.23. The number of nitrogens with one attached hydrogen (secondary N) is 1. The molecule has 12 nitrogen and oxygen atoms in total. The summed E-state index contributed by atoms with van der Waals surface area (Å²) in [5, 5.41) is 18.5. The third kappa shape index (κ3) is 5.25. The highest BCUT2D eigenvalue weighted by Gasteiger charge is 2.35. The van der Waals surface area contributed by atoms with Crippen LogP contribution in [-0.4, -0.2) is 64.2 Å². The SMILES string of the molecule is Cc1sc(C(=O)c2cncnc2N[C@@H]2C[C@H](COS(N)(=O)=O)[C@@H](O)C2)cc1[C@@H]1OCCn2c1nc1ccccc12. The van der Waals surface area contributed by atoms with Gasteiger partial charge in [0.1, 0.15) is 24.1 Å². The van der Waals surface area contributed by atoms with E-state index in [1.165, 1.54) is 23.9 Å². The molecule has 1 aliphatic heterocycles. The maximum atomic E-state index is 13.7. The molecule has 4 aromatic rings. The molecular weight excluding hydrogens is 556 g/mol. The largest absolute Gasteiger partial charge is 0.393 e. The number of nitrogens with zero attached hydrogens (tertiary/aromatic N) is 4. The number of rotatable bonds is 8. The molecule has 4 heterocycles. The Morgan fingerprint density at radius 2 is 2.15 bits per heavy atom. The van der Waals surface area contributed by atoms with Crippen LogP contribution in [0.2, 0.25) is 0 Å². The van der Waals surface area contributed by atoms with Crippen LogP contribution < -0.4 is 10.5 Å². The van der Waals surface area contributed by atoms with Crippen LogP contribution in [0.4, 0.5) is 5.82 Å². The summed E-state index contributed by atoms with van der Waals surface area (Å²) in [7, 11) is -4.10. The molecule has 0 saturated heterocycles. The fourth-order valence-corrected chi connectivity index (χ4v) is 6.85. The molecule has 0 unspecified atom stereocenters. The van der Waals surface area contributed by atoms with Crippen molar-refractivity contribution in [2.24, 2.45) is 11.1 Å². The summed E-state index contributed by atoms with van der Waals surface area (Å²) in [4.78, 5) is 28.4.